The summed E-state index contributed by atoms with van der Waals surface area (Å²) in [4.78, 5) is 16.0. The Hall–Kier alpha value is -2.69. The lowest BCUT2D eigenvalue weighted by atomic mass is 10.1. The Labute approximate surface area is 193 Å². The van der Waals surface area contributed by atoms with E-state index in [9.17, 15) is 4.79 Å². The third-order valence-electron chi connectivity index (χ3n) is 4.37. The quantitative estimate of drug-likeness (QED) is 0.267. The lowest BCUT2D eigenvalue weighted by Gasteiger charge is -2.15. The minimum atomic E-state index is -0.437. The van der Waals surface area contributed by atoms with Gasteiger partial charge in [0.05, 0.1) is 27.4 Å². The average Bonchev–Trinajstić information content (AvgIpc) is 3.00. The maximum absolute atomic E-state index is 11.8. The molecule has 1 aliphatic rings. The molecule has 2 aromatic carbocycles. The number of benzene rings is 2. The van der Waals surface area contributed by atoms with Gasteiger partial charge in [0.15, 0.2) is 17.5 Å². The molecule has 2 aromatic rings. The van der Waals surface area contributed by atoms with E-state index in [0.717, 1.165) is 23.4 Å². The standard InChI is InChI=1S/C21H25N3O5.HI/c1-22-21(24-15-6-8-17-19(12-15)29-10-4-9-28-17)23-13-14-5-7-16(20(25)27-3)18(11-14)26-2;/h5-8,11-12H,4,9-10,13H2,1-3H3,(H2,22,23,24);1H. The Balaban J connectivity index is 0.00000320. The first kappa shape index (κ1) is 23.6. The van der Waals surface area contributed by atoms with Crippen molar-refractivity contribution in [2.75, 3.05) is 39.8 Å². The Morgan fingerprint density at radius 3 is 2.57 bits per heavy atom. The highest BCUT2D eigenvalue weighted by Crippen LogP contribution is 2.32. The molecule has 0 radical (unpaired) electrons. The first-order valence-corrected chi connectivity index (χ1v) is 9.27. The summed E-state index contributed by atoms with van der Waals surface area (Å²) in [6, 6.07) is 11.0. The fourth-order valence-electron chi connectivity index (χ4n) is 2.87. The number of hydrogen-bond acceptors (Lipinski definition) is 6. The lowest BCUT2D eigenvalue weighted by Crippen LogP contribution is -2.30. The van der Waals surface area contributed by atoms with Gasteiger partial charge in [-0.25, -0.2) is 4.79 Å². The van der Waals surface area contributed by atoms with Crippen LogP contribution in [0.2, 0.25) is 0 Å². The summed E-state index contributed by atoms with van der Waals surface area (Å²) in [5, 5.41) is 6.47. The van der Waals surface area contributed by atoms with Crippen molar-refractivity contribution in [3.63, 3.8) is 0 Å². The largest absolute Gasteiger partial charge is 0.496 e. The molecule has 0 spiro atoms. The fourth-order valence-corrected chi connectivity index (χ4v) is 2.87. The topological polar surface area (TPSA) is 90.4 Å². The number of esters is 1. The molecule has 0 fully saturated rings. The van der Waals surface area contributed by atoms with E-state index in [2.05, 4.69) is 15.6 Å². The molecule has 8 nitrogen and oxygen atoms in total. The second-order valence-electron chi connectivity index (χ2n) is 6.29. The van der Waals surface area contributed by atoms with E-state index in [1.807, 2.05) is 24.3 Å². The predicted octanol–water partition coefficient (Wildman–Crippen LogP) is 3.45. The number of nitrogens with one attached hydrogen (secondary N) is 2. The smallest absolute Gasteiger partial charge is 0.341 e. The van der Waals surface area contributed by atoms with Gasteiger partial charge in [-0.2, -0.15) is 0 Å². The van der Waals surface area contributed by atoms with Gasteiger partial charge in [0.2, 0.25) is 0 Å². The highest BCUT2D eigenvalue weighted by atomic mass is 127. The molecular weight excluding hydrogens is 501 g/mol. The Morgan fingerprint density at radius 2 is 1.87 bits per heavy atom. The number of nitrogens with zero attached hydrogens (tertiary/aromatic N) is 1. The van der Waals surface area contributed by atoms with Crippen LogP contribution < -0.4 is 24.8 Å². The molecule has 9 heteroatoms. The molecule has 30 heavy (non-hydrogen) atoms. The maximum Gasteiger partial charge on any atom is 0.341 e. The molecule has 0 aromatic heterocycles. The Morgan fingerprint density at radius 1 is 1.10 bits per heavy atom. The van der Waals surface area contributed by atoms with Gasteiger partial charge in [-0.3, -0.25) is 4.99 Å². The van der Waals surface area contributed by atoms with Gasteiger partial charge in [0.25, 0.3) is 0 Å². The number of carbonyl (C=O) groups is 1. The lowest BCUT2D eigenvalue weighted by molar-refractivity contribution is 0.0597. The van der Waals surface area contributed by atoms with Crippen LogP contribution in [0, 0.1) is 0 Å². The van der Waals surface area contributed by atoms with Crippen molar-refractivity contribution in [2.24, 2.45) is 4.99 Å². The van der Waals surface area contributed by atoms with Gasteiger partial charge >= 0.3 is 5.97 Å². The van der Waals surface area contributed by atoms with Crippen molar-refractivity contribution >= 4 is 41.6 Å². The van der Waals surface area contributed by atoms with E-state index in [1.165, 1.54) is 14.2 Å². The molecule has 1 heterocycles. The molecule has 162 valence electrons. The van der Waals surface area contributed by atoms with Gasteiger partial charge in [0, 0.05) is 31.8 Å². The summed E-state index contributed by atoms with van der Waals surface area (Å²) in [5.41, 5.74) is 2.14. The van der Waals surface area contributed by atoms with Crippen molar-refractivity contribution in [1.29, 1.82) is 0 Å². The summed E-state index contributed by atoms with van der Waals surface area (Å²) in [5.74, 6) is 2.07. The minimum Gasteiger partial charge on any atom is -0.496 e. The number of fused-ring (bicyclic) bond motifs is 1. The van der Waals surface area contributed by atoms with Crippen LogP contribution in [0.25, 0.3) is 0 Å². The van der Waals surface area contributed by atoms with E-state index in [-0.39, 0.29) is 24.0 Å². The van der Waals surface area contributed by atoms with Crippen LogP contribution in [0.15, 0.2) is 41.4 Å². The summed E-state index contributed by atoms with van der Waals surface area (Å²) in [6.07, 6.45) is 0.860. The van der Waals surface area contributed by atoms with Crippen LogP contribution in [0.3, 0.4) is 0 Å². The van der Waals surface area contributed by atoms with Crippen LogP contribution in [0.1, 0.15) is 22.3 Å². The molecule has 3 rings (SSSR count). The summed E-state index contributed by atoms with van der Waals surface area (Å²) in [6.45, 7) is 1.77. The van der Waals surface area contributed by atoms with Crippen molar-refractivity contribution in [3.8, 4) is 17.2 Å². The number of carbonyl (C=O) groups excluding carboxylic acids is 1. The third-order valence-corrected chi connectivity index (χ3v) is 4.37. The molecular formula is C21H26IN3O5. The van der Waals surface area contributed by atoms with Crippen molar-refractivity contribution in [2.45, 2.75) is 13.0 Å². The zero-order valence-electron chi connectivity index (χ0n) is 17.2. The number of aliphatic imine (C=N–C) groups is 1. The van der Waals surface area contributed by atoms with Crippen LogP contribution >= 0.6 is 24.0 Å². The van der Waals surface area contributed by atoms with E-state index >= 15 is 0 Å². The number of ether oxygens (including phenoxy) is 4. The van der Waals surface area contributed by atoms with Crippen LogP contribution in [-0.2, 0) is 11.3 Å². The van der Waals surface area contributed by atoms with E-state index in [0.29, 0.717) is 42.8 Å². The van der Waals surface area contributed by atoms with Gasteiger partial charge in [-0.15, -0.1) is 24.0 Å². The second kappa shape index (κ2) is 11.5. The molecule has 0 saturated heterocycles. The number of methoxy groups -OCH3 is 2. The maximum atomic E-state index is 11.8. The number of rotatable bonds is 5. The second-order valence-corrected chi connectivity index (χ2v) is 6.29. The SMILES string of the molecule is CN=C(NCc1ccc(C(=O)OC)c(OC)c1)Nc1ccc2c(c1)OCCCO2.I. The van der Waals surface area contributed by atoms with Gasteiger partial charge in [-0.1, -0.05) is 6.07 Å². The Bertz CT molecular complexity index is 904. The summed E-state index contributed by atoms with van der Waals surface area (Å²) >= 11 is 0. The van der Waals surface area contributed by atoms with Gasteiger partial charge in [-0.05, 0) is 29.8 Å². The van der Waals surface area contributed by atoms with Crippen LogP contribution in [-0.4, -0.2) is 46.4 Å². The normalized spacial score (nSPS) is 12.8. The van der Waals surface area contributed by atoms with Crippen LogP contribution in [0.5, 0.6) is 17.2 Å². The first-order valence-electron chi connectivity index (χ1n) is 9.27. The zero-order chi connectivity index (χ0) is 20.6. The average molecular weight is 527 g/mol. The molecule has 0 amide bonds. The van der Waals surface area contributed by atoms with E-state index < -0.39 is 5.97 Å². The monoisotopic (exact) mass is 527 g/mol. The van der Waals surface area contributed by atoms with Gasteiger partial charge in [0.1, 0.15) is 11.3 Å². The fraction of sp³-hybridized carbons (Fsp3) is 0.333. The molecule has 0 unspecified atom stereocenters. The number of halogens is 1. The first-order chi connectivity index (χ1) is 14.1. The molecule has 0 bridgehead atoms. The molecule has 1 aliphatic heterocycles. The highest BCUT2D eigenvalue weighted by Gasteiger charge is 2.14. The van der Waals surface area contributed by atoms with Crippen LogP contribution in [0.4, 0.5) is 5.69 Å². The zero-order valence-corrected chi connectivity index (χ0v) is 19.5. The predicted molar refractivity (Wildman–Crippen MR) is 126 cm³/mol. The number of anilines is 1. The summed E-state index contributed by atoms with van der Waals surface area (Å²) < 4.78 is 21.4. The molecule has 2 N–H and O–H groups in total. The van der Waals surface area contributed by atoms with Gasteiger partial charge < -0.3 is 29.6 Å². The number of hydrogen-bond donors (Lipinski definition) is 2. The Kier molecular flexibility index (Phi) is 9.03. The molecule has 0 saturated carbocycles. The van der Waals surface area contributed by atoms with Crippen molar-refractivity contribution in [3.05, 3.63) is 47.5 Å². The highest BCUT2D eigenvalue weighted by molar-refractivity contribution is 14.0. The van der Waals surface area contributed by atoms with E-state index in [4.69, 9.17) is 18.9 Å². The van der Waals surface area contributed by atoms with E-state index in [1.54, 1.807) is 19.2 Å². The van der Waals surface area contributed by atoms with Crippen molar-refractivity contribution in [1.82, 2.24) is 5.32 Å². The number of guanidine groups is 1. The summed E-state index contributed by atoms with van der Waals surface area (Å²) in [7, 11) is 4.55. The van der Waals surface area contributed by atoms with Crippen molar-refractivity contribution < 1.29 is 23.7 Å². The molecule has 0 atom stereocenters. The third kappa shape index (κ3) is 5.91. The minimum absolute atomic E-state index is 0. The molecule has 0 aliphatic carbocycles.